The first kappa shape index (κ1) is 24.4. The second-order valence-corrected chi connectivity index (χ2v) is 9.30. The molecule has 1 aliphatic carbocycles. The fourth-order valence-electron chi connectivity index (χ4n) is 4.51. The number of fused-ring (bicyclic) bond motifs is 1. The SMILES string of the molecule is CC(=O)Nc1cn2nc(-c3cnc(C)c(C(=O)NCc4cccnc4OCC4CCCC4)c3)ccc2n1. The van der Waals surface area contributed by atoms with Crippen molar-refractivity contribution in [1.82, 2.24) is 29.9 Å². The molecule has 0 spiro atoms. The maximum atomic E-state index is 13.1. The molecule has 2 N–H and O–H groups in total. The summed E-state index contributed by atoms with van der Waals surface area (Å²) in [5.74, 6) is 1.11. The van der Waals surface area contributed by atoms with Gasteiger partial charge in [-0.15, -0.1) is 0 Å². The molecule has 0 atom stereocenters. The zero-order chi connectivity index (χ0) is 25.8. The summed E-state index contributed by atoms with van der Waals surface area (Å²) in [4.78, 5) is 37.6. The van der Waals surface area contributed by atoms with Crippen LogP contribution in [0.15, 0.2) is 48.9 Å². The molecular weight excluding hydrogens is 470 g/mol. The van der Waals surface area contributed by atoms with Gasteiger partial charge in [-0.2, -0.15) is 5.10 Å². The Bertz CT molecular complexity index is 1440. The number of amides is 2. The lowest BCUT2D eigenvalue weighted by atomic mass is 10.1. The Kier molecular flexibility index (Phi) is 7.07. The van der Waals surface area contributed by atoms with Crippen LogP contribution >= 0.6 is 0 Å². The van der Waals surface area contributed by atoms with Gasteiger partial charge in [0.05, 0.1) is 29.8 Å². The van der Waals surface area contributed by atoms with Crippen molar-refractivity contribution >= 4 is 23.3 Å². The van der Waals surface area contributed by atoms with E-state index in [-0.39, 0.29) is 11.8 Å². The molecule has 0 aliphatic heterocycles. The van der Waals surface area contributed by atoms with E-state index in [4.69, 9.17) is 4.74 Å². The summed E-state index contributed by atoms with van der Waals surface area (Å²) in [5, 5.41) is 10.2. The Labute approximate surface area is 214 Å². The zero-order valence-corrected chi connectivity index (χ0v) is 20.9. The van der Waals surface area contributed by atoms with Crippen molar-refractivity contribution in [3.05, 3.63) is 65.7 Å². The number of carbonyl (C=O) groups excluding carboxylic acids is 2. The second kappa shape index (κ2) is 10.7. The van der Waals surface area contributed by atoms with E-state index < -0.39 is 0 Å². The van der Waals surface area contributed by atoms with Crippen molar-refractivity contribution in [2.75, 3.05) is 11.9 Å². The van der Waals surface area contributed by atoms with Gasteiger partial charge >= 0.3 is 0 Å². The molecule has 37 heavy (non-hydrogen) atoms. The Morgan fingerprint density at radius 2 is 2.00 bits per heavy atom. The topological polar surface area (TPSA) is 123 Å². The van der Waals surface area contributed by atoms with Gasteiger partial charge in [0, 0.05) is 37.0 Å². The highest BCUT2D eigenvalue weighted by atomic mass is 16.5. The summed E-state index contributed by atoms with van der Waals surface area (Å²) >= 11 is 0. The first-order valence-electron chi connectivity index (χ1n) is 12.4. The number of carbonyl (C=O) groups is 2. The predicted molar refractivity (Wildman–Crippen MR) is 138 cm³/mol. The van der Waals surface area contributed by atoms with Crippen LogP contribution in [-0.4, -0.2) is 43.0 Å². The number of imidazole rings is 1. The Morgan fingerprint density at radius 3 is 2.81 bits per heavy atom. The van der Waals surface area contributed by atoms with Crippen LogP contribution in [-0.2, 0) is 11.3 Å². The zero-order valence-electron chi connectivity index (χ0n) is 20.9. The standard InChI is InChI=1S/C27H29N7O3/c1-17-22(26(36)30-13-20-8-5-11-28-27(20)37-16-19-6-3-4-7-19)12-21(14-29-17)23-9-10-25-32-24(31-18(2)35)15-34(25)33-23/h5,8-12,14-15,19H,3-4,6-7,13,16H2,1-2H3,(H,30,36)(H,31,35). The molecule has 1 aliphatic rings. The van der Waals surface area contributed by atoms with Crippen LogP contribution in [0.4, 0.5) is 5.82 Å². The minimum Gasteiger partial charge on any atom is -0.477 e. The third-order valence-electron chi connectivity index (χ3n) is 6.47. The largest absolute Gasteiger partial charge is 0.477 e. The Morgan fingerprint density at radius 1 is 1.16 bits per heavy atom. The summed E-state index contributed by atoms with van der Waals surface area (Å²) in [6.45, 7) is 4.17. The van der Waals surface area contributed by atoms with E-state index in [2.05, 4.69) is 30.7 Å². The second-order valence-electron chi connectivity index (χ2n) is 9.30. The molecule has 1 fully saturated rings. The molecule has 10 heteroatoms. The van der Waals surface area contributed by atoms with E-state index in [0.717, 1.165) is 5.56 Å². The van der Waals surface area contributed by atoms with Crippen molar-refractivity contribution in [1.29, 1.82) is 0 Å². The molecule has 4 aromatic rings. The predicted octanol–water partition coefficient (Wildman–Crippen LogP) is 3.95. The van der Waals surface area contributed by atoms with Gasteiger partial charge < -0.3 is 15.4 Å². The molecule has 190 valence electrons. The number of aromatic nitrogens is 5. The molecule has 0 radical (unpaired) electrons. The Balaban J connectivity index is 1.30. The summed E-state index contributed by atoms with van der Waals surface area (Å²) in [7, 11) is 0. The molecule has 1 saturated carbocycles. The molecule has 0 unspecified atom stereocenters. The number of anilines is 1. The van der Waals surface area contributed by atoms with Gasteiger partial charge in [-0.05, 0) is 49.9 Å². The fraction of sp³-hybridized carbons (Fsp3) is 0.333. The van der Waals surface area contributed by atoms with E-state index >= 15 is 0 Å². The molecule has 5 rings (SSSR count). The first-order chi connectivity index (χ1) is 18.0. The highest BCUT2D eigenvalue weighted by Gasteiger charge is 2.18. The number of nitrogens with one attached hydrogen (secondary N) is 2. The molecular formula is C27H29N7O3. The van der Waals surface area contributed by atoms with Crippen LogP contribution in [0, 0.1) is 12.8 Å². The van der Waals surface area contributed by atoms with Gasteiger partial charge in [-0.3, -0.25) is 14.6 Å². The van der Waals surface area contributed by atoms with Gasteiger partial charge in [0.2, 0.25) is 11.8 Å². The number of nitrogens with zero attached hydrogens (tertiary/aromatic N) is 5. The van der Waals surface area contributed by atoms with Crippen LogP contribution < -0.4 is 15.4 Å². The number of hydrogen-bond acceptors (Lipinski definition) is 7. The van der Waals surface area contributed by atoms with Gasteiger partial charge in [0.15, 0.2) is 11.5 Å². The summed E-state index contributed by atoms with van der Waals surface area (Å²) < 4.78 is 7.58. The summed E-state index contributed by atoms with van der Waals surface area (Å²) in [6, 6.07) is 9.13. The average molecular weight is 500 g/mol. The number of aryl methyl sites for hydroxylation is 1. The van der Waals surface area contributed by atoms with Gasteiger partial charge in [-0.1, -0.05) is 18.9 Å². The fourth-order valence-corrected chi connectivity index (χ4v) is 4.51. The highest BCUT2D eigenvalue weighted by Crippen LogP contribution is 2.26. The van der Waals surface area contributed by atoms with Gasteiger partial charge in [-0.25, -0.2) is 14.5 Å². The number of rotatable bonds is 8. The third kappa shape index (κ3) is 5.74. The van der Waals surface area contributed by atoms with Crippen LogP contribution in [0.2, 0.25) is 0 Å². The number of pyridine rings is 2. The monoisotopic (exact) mass is 499 g/mol. The van der Waals surface area contributed by atoms with Crippen LogP contribution in [0.3, 0.4) is 0 Å². The van der Waals surface area contributed by atoms with Crippen molar-refractivity contribution in [3.8, 4) is 17.1 Å². The number of ether oxygens (including phenoxy) is 1. The molecule has 2 amide bonds. The van der Waals surface area contributed by atoms with E-state index in [1.165, 1.54) is 32.6 Å². The maximum absolute atomic E-state index is 13.1. The van der Waals surface area contributed by atoms with Gasteiger partial charge in [0.25, 0.3) is 5.91 Å². The first-order valence-corrected chi connectivity index (χ1v) is 12.4. The molecule has 10 nitrogen and oxygen atoms in total. The molecule has 0 saturated heterocycles. The van der Waals surface area contributed by atoms with Crippen molar-refractivity contribution in [2.45, 2.75) is 46.1 Å². The van der Waals surface area contributed by atoms with Crippen molar-refractivity contribution < 1.29 is 14.3 Å². The Hall–Kier alpha value is -4.34. The molecule has 0 bridgehead atoms. The molecule has 0 aromatic carbocycles. The minimum absolute atomic E-state index is 0.208. The number of hydrogen-bond donors (Lipinski definition) is 2. The lowest BCUT2D eigenvalue weighted by Gasteiger charge is -2.14. The van der Waals surface area contributed by atoms with Crippen molar-refractivity contribution in [2.24, 2.45) is 5.92 Å². The minimum atomic E-state index is -0.242. The summed E-state index contributed by atoms with van der Waals surface area (Å²) in [6.07, 6.45) is 9.93. The van der Waals surface area contributed by atoms with Crippen LogP contribution in [0.25, 0.3) is 16.9 Å². The highest BCUT2D eigenvalue weighted by molar-refractivity contribution is 5.96. The summed E-state index contributed by atoms with van der Waals surface area (Å²) in [5.41, 5.74) is 3.80. The smallest absolute Gasteiger partial charge is 0.253 e. The lowest BCUT2D eigenvalue weighted by Crippen LogP contribution is -2.24. The third-order valence-corrected chi connectivity index (χ3v) is 6.47. The van der Waals surface area contributed by atoms with Crippen LogP contribution in [0.5, 0.6) is 5.88 Å². The van der Waals surface area contributed by atoms with E-state index in [1.54, 1.807) is 48.2 Å². The van der Waals surface area contributed by atoms with Crippen LogP contribution in [0.1, 0.15) is 54.2 Å². The van der Waals surface area contributed by atoms with Gasteiger partial charge in [0.1, 0.15) is 0 Å². The molecule has 4 aromatic heterocycles. The van der Waals surface area contributed by atoms with Crippen molar-refractivity contribution in [3.63, 3.8) is 0 Å². The van der Waals surface area contributed by atoms with E-state index in [9.17, 15) is 9.59 Å². The maximum Gasteiger partial charge on any atom is 0.253 e. The van der Waals surface area contributed by atoms with E-state index in [1.807, 2.05) is 12.1 Å². The normalized spacial score (nSPS) is 13.6. The quantitative estimate of drug-likeness (QED) is 0.376. The lowest BCUT2D eigenvalue weighted by molar-refractivity contribution is -0.114. The average Bonchev–Trinajstić information content (AvgIpc) is 3.55. The van der Waals surface area contributed by atoms with E-state index in [0.29, 0.717) is 58.9 Å². The molecule has 4 heterocycles.